The van der Waals surface area contributed by atoms with E-state index in [1.807, 2.05) is 0 Å². The number of nitrogens with one attached hydrogen (secondary N) is 1. The van der Waals surface area contributed by atoms with Crippen LogP contribution in [0.1, 0.15) is 19.3 Å². The van der Waals surface area contributed by atoms with Crippen molar-refractivity contribution in [2.24, 2.45) is 5.92 Å². The molecular formula is C22H22F2N2O4S. The van der Waals surface area contributed by atoms with Gasteiger partial charge in [0.2, 0.25) is 18.6 Å². The van der Waals surface area contributed by atoms with Crippen molar-refractivity contribution >= 4 is 29.3 Å². The van der Waals surface area contributed by atoms with Crippen LogP contribution < -0.4 is 14.8 Å². The Morgan fingerprint density at radius 3 is 2.58 bits per heavy atom. The van der Waals surface area contributed by atoms with Gasteiger partial charge in [-0.15, -0.1) is 11.8 Å². The third kappa shape index (κ3) is 5.28. The molecule has 1 fully saturated rings. The van der Waals surface area contributed by atoms with Gasteiger partial charge in [0.05, 0.1) is 0 Å². The van der Waals surface area contributed by atoms with E-state index < -0.39 is 11.6 Å². The number of ether oxygens (including phenoxy) is 2. The second kappa shape index (κ2) is 9.55. The van der Waals surface area contributed by atoms with Gasteiger partial charge in [-0.25, -0.2) is 8.78 Å². The zero-order valence-corrected chi connectivity index (χ0v) is 17.6. The molecule has 0 spiro atoms. The zero-order chi connectivity index (χ0) is 21.8. The Balaban J connectivity index is 1.20. The molecule has 2 heterocycles. The van der Waals surface area contributed by atoms with Crippen molar-refractivity contribution in [3.8, 4) is 11.5 Å². The monoisotopic (exact) mass is 448 g/mol. The highest BCUT2D eigenvalue weighted by molar-refractivity contribution is 7.99. The van der Waals surface area contributed by atoms with E-state index >= 15 is 0 Å². The highest BCUT2D eigenvalue weighted by Crippen LogP contribution is 2.34. The van der Waals surface area contributed by atoms with Crippen molar-refractivity contribution in [1.82, 2.24) is 4.90 Å². The van der Waals surface area contributed by atoms with E-state index in [0.29, 0.717) is 60.2 Å². The second-order valence-corrected chi connectivity index (χ2v) is 8.56. The average Bonchev–Trinajstić information content (AvgIpc) is 3.24. The van der Waals surface area contributed by atoms with Gasteiger partial charge in [0.15, 0.2) is 23.1 Å². The summed E-state index contributed by atoms with van der Waals surface area (Å²) in [6, 6.07) is 8.99. The predicted octanol–water partition coefficient (Wildman–Crippen LogP) is 4.05. The molecule has 31 heavy (non-hydrogen) atoms. The molecule has 2 aliphatic heterocycles. The molecule has 9 heteroatoms. The lowest BCUT2D eigenvalue weighted by Gasteiger charge is -2.31. The second-order valence-electron chi connectivity index (χ2n) is 7.39. The first-order valence-electron chi connectivity index (χ1n) is 10.1. The van der Waals surface area contributed by atoms with Crippen molar-refractivity contribution in [2.75, 3.05) is 31.0 Å². The SMILES string of the molecule is O=C(Nc1ccc2c(c1)OCO2)C1CCN(C(=O)CCSc2ccc(F)c(F)c2)CC1. The Kier molecular flexibility index (Phi) is 6.60. The van der Waals surface area contributed by atoms with Crippen LogP contribution in [0, 0.1) is 17.6 Å². The maximum atomic E-state index is 13.2. The van der Waals surface area contributed by atoms with Crippen molar-refractivity contribution < 1.29 is 27.8 Å². The molecule has 2 amide bonds. The zero-order valence-electron chi connectivity index (χ0n) is 16.7. The Bertz CT molecular complexity index is 980. The lowest BCUT2D eigenvalue weighted by atomic mass is 9.95. The quantitative estimate of drug-likeness (QED) is 0.676. The van der Waals surface area contributed by atoms with Crippen LogP contribution in [0.2, 0.25) is 0 Å². The van der Waals surface area contributed by atoms with Gasteiger partial charge in [0.1, 0.15) is 0 Å². The van der Waals surface area contributed by atoms with E-state index in [0.717, 1.165) is 12.1 Å². The van der Waals surface area contributed by atoms with E-state index in [2.05, 4.69) is 5.32 Å². The molecule has 164 valence electrons. The fraction of sp³-hybridized carbons (Fsp3) is 0.364. The molecule has 0 bridgehead atoms. The van der Waals surface area contributed by atoms with Crippen LogP contribution in [0.4, 0.5) is 14.5 Å². The van der Waals surface area contributed by atoms with Gasteiger partial charge < -0.3 is 19.7 Å². The molecule has 0 radical (unpaired) electrons. The molecule has 0 saturated carbocycles. The third-order valence-corrected chi connectivity index (χ3v) is 6.33. The van der Waals surface area contributed by atoms with Crippen LogP contribution in [0.5, 0.6) is 11.5 Å². The third-order valence-electron chi connectivity index (χ3n) is 5.33. The van der Waals surface area contributed by atoms with Crippen LogP contribution in [0.25, 0.3) is 0 Å². The molecule has 1 saturated heterocycles. The molecule has 2 aliphatic rings. The number of piperidine rings is 1. The number of fused-ring (bicyclic) bond motifs is 1. The average molecular weight is 448 g/mol. The molecule has 0 atom stereocenters. The predicted molar refractivity (Wildman–Crippen MR) is 112 cm³/mol. The molecule has 1 N–H and O–H groups in total. The molecule has 0 aliphatic carbocycles. The van der Waals surface area contributed by atoms with Crippen molar-refractivity contribution in [3.05, 3.63) is 48.0 Å². The van der Waals surface area contributed by atoms with Crippen LogP contribution in [0.3, 0.4) is 0 Å². The number of thioether (sulfide) groups is 1. The van der Waals surface area contributed by atoms with E-state index in [4.69, 9.17) is 9.47 Å². The lowest BCUT2D eigenvalue weighted by Crippen LogP contribution is -2.41. The number of carbonyl (C=O) groups excluding carboxylic acids is 2. The van der Waals surface area contributed by atoms with E-state index in [1.165, 1.54) is 17.8 Å². The van der Waals surface area contributed by atoms with E-state index in [-0.39, 0.29) is 24.5 Å². The summed E-state index contributed by atoms with van der Waals surface area (Å²) in [6.45, 7) is 1.22. The number of likely N-dealkylation sites (tertiary alicyclic amines) is 1. The minimum absolute atomic E-state index is 0.00436. The summed E-state index contributed by atoms with van der Waals surface area (Å²) in [7, 11) is 0. The van der Waals surface area contributed by atoms with Crippen LogP contribution in [-0.4, -0.2) is 42.3 Å². The number of anilines is 1. The van der Waals surface area contributed by atoms with Gasteiger partial charge in [-0.3, -0.25) is 9.59 Å². The molecule has 2 aromatic rings. The number of halogens is 2. The summed E-state index contributed by atoms with van der Waals surface area (Å²) >= 11 is 1.31. The van der Waals surface area contributed by atoms with Gasteiger partial charge in [-0.1, -0.05) is 0 Å². The molecule has 0 unspecified atom stereocenters. The number of nitrogens with zero attached hydrogens (tertiary/aromatic N) is 1. The minimum atomic E-state index is -0.891. The van der Waals surface area contributed by atoms with Crippen LogP contribution in [-0.2, 0) is 9.59 Å². The van der Waals surface area contributed by atoms with Gasteiger partial charge in [-0.2, -0.15) is 0 Å². The number of carbonyl (C=O) groups is 2. The minimum Gasteiger partial charge on any atom is -0.454 e. The highest BCUT2D eigenvalue weighted by atomic mass is 32.2. The topological polar surface area (TPSA) is 67.9 Å². The van der Waals surface area contributed by atoms with Gasteiger partial charge >= 0.3 is 0 Å². The van der Waals surface area contributed by atoms with Crippen molar-refractivity contribution in [2.45, 2.75) is 24.2 Å². The van der Waals surface area contributed by atoms with Crippen LogP contribution in [0.15, 0.2) is 41.3 Å². The fourth-order valence-electron chi connectivity index (χ4n) is 3.59. The molecule has 2 aromatic carbocycles. The molecular weight excluding hydrogens is 426 g/mol. The summed E-state index contributed by atoms with van der Waals surface area (Å²) in [5, 5.41) is 2.91. The number of benzene rings is 2. The highest BCUT2D eigenvalue weighted by Gasteiger charge is 2.27. The molecule has 4 rings (SSSR count). The maximum Gasteiger partial charge on any atom is 0.231 e. The summed E-state index contributed by atoms with van der Waals surface area (Å²) in [5.41, 5.74) is 0.655. The molecule has 0 aromatic heterocycles. The number of rotatable bonds is 6. The Morgan fingerprint density at radius 2 is 1.81 bits per heavy atom. The normalized spacial score (nSPS) is 15.7. The summed E-state index contributed by atoms with van der Waals surface area (Å²) < 4.78 is 36.8. The summed E-state index contributed by atoms with van der Waals surface area (Å²) in [6.07, 6.45) is 1.49. The smallest absolute Gasteiger partial charge is 0.231 e. The number of hydrogen-bond acceptors (Lipinski definition) is 5. The van der Waals surface area contributed by atoms with Crippen molar-refractivity contribution in [3.63, 3.8) is 0 Å². The number of amides is 2. The van der Waals surface area contributed by atoms with Gasteiger partial charge in [0.25, 0.3) is 0 Å². The molecule has 6 nitrogen and oxygen atoms in total. The van der Waals surface area contributed by atoms with Gasteiger partial charge in [-0.05, 0) is 43.2 Å². The Labute approximate surface area is 182 Å². The Morgan fingerprint density at radius 1 is 1.03 bits per heavy atom. The summed E-state index contributed by atoms with van der Waals surface area (Å²) in [5.74, 6) is -0.250. The lowest BCUT2D eigenvalue weighted by molar-refractivity contribution is -0.134. The first-order valence-corrected chi connectivity index (χ1v) is 11.0. The first-order chi connectivity index (χ1) is 15.0. The number of hydrogen-bond donors (Lipinski definition) is 1. The van der Waals surface area contributed by atoms with Gasteiger partial charge in [0, 0.05) is 47.8 Å². The van der Waals surface area contributed by atoms with Crippen LogP contribution >= 0.6 is 11.8 Å². The first kappa shape index (κ1) is 21.4. The van der Waals surface area contributed by atoms with E-state index in [9.17, 15) is 18.4 Å². The van der Waals surface area contributed by atoms with E-state index in [1.54, 1.807) is 23.1 Å². The fourth-order valence-corrected chi connectivity index (χ4v) is 4.45. The standard InChI is InChI=1S/C22H22F2N2O4S/c23-17-3-2-16(12-18(17)24)31-10-7-21(27)26-8-5-14(6-9-26)22(28)25-15-1-4-19-20(11-15)30-13-29-19/h1-4,11-12,14H,5-10,13H2,(H,25,28). The largest absolute Gasteiger partial charge is 0.454 e. The Hall–Kier alpha value is -2.81. The maximum absolute atomic E-state index is 13.2. The van der Waals surface area contributed by atoms with Crippen molar-refractivity contribution in [1.29, 1.82) is 0 Å². The summed E-state index contributed by atoms with van der Waals surface area (Å²) in [4.78, 5) is 27.4.